The van der Waals surface area contributed by atoms with E-state index in [-0.39, 0.29) is 0 Å². The number of rotatable bonds is 2. The smallest absolute Gasteiger partial charge is 0.332 e. The maximum atomic E-state index is 9.84. The molecule has 0 saturated heterocycles. The molecule has 0 spiro atoms. The van der Waals surface area contributed by atoms with Gasteiger partial charge in [-0.1, -0.05) is 6.58 Å². The molecule has 44 valence electrons. The van der Waals surface area contributed by atoms with Gasteiger partial charge in [0, 0.05) is 6.21 Å². The van der Waals surface area contributed by atoms with Gasteiger partial charge in [0.1, 0.15) is 0 Å². The van der Waals surface area contributed by atoms with E-state index in [1.54, 1.807) is 0 Å². The van der Waals surface area contributed by atoms with Crippen LogP contribution in [0.15, 0.2) is 17.8 Å². The molecular weight excluding hydrogens is 106 g/mol. The summed E-state index contributed by atoms with van der Waals surface area (Å²) in [5, 5.41) is 3.32. The lowest BCUT2D eigenvalue weighted by Crippen LogP contribution is -2.24. The highest BCUT2D eigenvalue weighted by Gasteiger charge is 1.79. The Morgan fingerprint density at radius 2 is 2.50 bits per heavy atom. The van der Waals surface area contributed by atoms with Gasteiger partial charge in [0.2, 0.25) is 0 Å². The van der Waals surface area contributed by atoms with Gasteiger partial charge in [0.15, 0.2) is 0 Å². The highest BCUT2D eigenvalue weighted by Crippen LogP contribution is 1.56. The van der Waals surface area contributed by atoms with Crippen molar-refractivity contribution >= 4 is 12.2 Å². The molecule has 0 saturated carbocycles. The number of nitrogens with two attached hydrogens (primary N) is 1. The summed E-state index contributed by atoms with van der Waals surface area (Å²) in [6.07, 6.45) is 2.75. The molecule has 2 amide bonds. The average Bonchev–Trinajstić information content (AvgIpc) is 1.66. The number of hydrazone groups is 1. The molecule has 3 N–H and O–H groups in total. The molecule has 0 aromatic heterocycles. The van der Waals surface area contributed by atoms with Crippen molar-refractivity contribution in [2.24, 2.45) is 10.8 Å². The number of nitrogens with zero attached hydrogens (tertiary/aromatic N) is 1. The second-order valence-corrected chi connectivity index (χ2v) is 0.990. The summed E-state index contributed by atoms with van der Waals surface area (Å²) in [4.78, 5) is 9.84. The van der Waals surface area contributed by atoms with Gasteiger partial charge < -0.3 is 5.73 Å². The summed E-state index contributed by atoms with van der Waals surface area (Å²) >= 11 is 0. The number of urea groups is 1. The SMILES string of the molecule is C=C/C=N\NC(N)=O. The standard InChI is InChI=1S/C4H7N3O/c1-2-3-6-7-4(5)8/h2-3H,1H2,(H3,5,7,8)/b6-3-. The van der Waals surface area contributed by atoms with E-state index in [1.165, 1.54) is 12.3 Å². The summed E-state index contributed by atoms with van der Waals surface area (Å²) in [6, 6.07) is -0.678. The molecule has 0 aromatic rings. The van der Waals surface area contributed by atoms with Crippen molar-refractivity contribution in [3.63, 3.8) is 0 Å². The van der Waals surface area contributed by atoms with Crippen molar-refractivity contribution < 1.29 is 4.79 Å². The fourth-order valence-electron chi connectivity index (χ4n) is 0.154. The van der Waals surface area contributed by atoms with Crippen LogP contribution in [0.2, 0.25) is 0 Å². The van der Waals surface area contributed by atoms with E-state index >= 15 is 0 Å². The van der Waals surface area contributed by atoms with Crippen LogP contribution in [0.4, 0.5) is 4.79 Å². The molecule has 0 fully saturated rings. The molecule has 8 heavy (non-hydrogen) atoms. The van der Waals surface area contributed by atoms with Crippen molar-refractivity contribution in [3.05, 3.63) is 12.7 Å². The van der Waals surface area contributed by atoms with Gasteiger partial charge >= 0.3 is 6.03 Å². The molecule has 0 aliphatic carbocycles. The average molecular weight is 113 g/mol. The Kier molecular flexibility index (Phi) is 3.22. The van der Waals surface area contributed by atoms with Crippen LogP contribution in [-0.4, -0.2) is 12.2 Å². The normalized spacial score (nSPS) is 9.00. The van der Waals surface area contributed by atoms with Crippen LogP contribution >= 0.6 is 0 Å². The predicted octanol–water partition coefficient (Wildman–Crippen LogP) is -0.173. The Morgan fingerprint density at radius 1 is 1.88 bits per heavy atom. The largest absolute Gasteiger partial charge is 0.350 e. The Morgan fingerprint density at radius 3 is 2.88 bits per heavy atom. The number of hydrogen-bond donors (Lipinski definition) is 2. The number of primary amides is 1. The van der Waals surface area contributed by atoms with E-state index < -0.39 is 6.03 Å². The summed E-state index contributed by atoms with van der Waals surface area (Å²) in [5.74, 6) is 0. The van der Waals surface area contributed by atoms with Crippen molar-refractivity contribution in [1.82, 2.24) is 5.43 Å². The lowest BCUT2D eigenvalue weighted by Gasteiger charge is -1.85. The van der Waals surface area contributed by atoms with E-state index in [0.29, 0.717) is 0 Å². The minimum absolute atomic E-state index is 0.678. The first-order chi connectivity index (χ1) is 3.77. The topological polar surface area (TPSA) is 67.5 Å². The molecule has 0 bridgehead atoms. The van der Waals surface area contributed by atoms with Crippen LogP contribution in [0, 0.1) is 0 Å². The minimum Gasteiger partial charge on any atom is -0.350 e. The number of carbonyl (C=O) groups excluding carboxylic acids is 1. The van der Waals surface area contributed by atoms with Crippen LogP contribution in [0.1, 0.15) is 0 Å². The molecule has 0 aliphatic heterocycles. The van der Waals surface area contributed by atoms with Crippen molar-refractivity contribution in [1.29, 1.82) is 0 Å². The molecule has 0 heterocycles. The number of nitrogens with one attached hydrogen (secondary N) is 1. The third-order valence-corrected chi connectivity index (χ3v) is 0.355. The van der Waals surface area contributed by atoms with Crippen LogP contribution in [-0.2, 0) is 0 Å². The van der Waals surface area contributed by atoms with Gasteiger partial charge in [-0.3, -0.25) is 0 Å². The predicted molar refractivity (Wildman–Crippen MR) is 31.4 cm³/mol. The molecule has 4 nitrogen and oxygen atoms in total. The summed E-state index contributed by atoms with van der Waals surface area (Å²) in [6.45, 7) is 3.32. The maximum Gasteiger partial charge on any atom is 0.332 e. The van der Waals surface area contributed by atoms with Gasteiger partial charge in [0.25, 0.3) is 0 Å². The van der Waals surface area contributed by atoms with E-state index in [4.69, 9.17) is 0 Å². The Balaban J connectivity index is 3.29. The molecule has 0 unspecified atom stereocenters. The zero-order valence-electron chi connectivity index (χ0n) is 4.29. The van der Waals surface area contributed by atoms with Gasteiger partial charge in [-0.15, -0.1) is 0 Å². The maximum absolute atomic E-state index is 9.84. The lowest BCUT2D eigenvalue weighted by molar-refractivity contribution is 0.249. The van der Waals surface area contributed by atoms with Crippen molar-refractivity contribution in [3.8, 4) is 0 Å². The van der Waals surface area contributed by atoms with E-state index in [9.17, 15) is 4.79 Å². The fourth-order valence-corrected chi connectivity index (χ4v) is 0.154. The monoisotopic (exact) mass is 113 g/mol. The van der Waals surface area contributed by atoms with Crippen LogP contribution < -0.4 is 11.2 Å². The summed E-state index contributed by atoms with van der Waals surface area (Å²) < 4.78 is 0. The lowest BCUT2D eigenvalue weighted by atomic mass is 10.7. The second kappa shape index (κ2) is 3.86. The first kappa shape index (κ1) is 6.68. The Labute approximate surface area is 47.1 Å². The molecule has 0 aliphatic rings. The molecular formula is C4H7N3O. The van der Waals surface area contributed by atoms with Crippen molar-refractivity contribution in [2.45, 2.75) is 0 Å². The number of hydrogen-bond acceptors (Lipinski definition) is 2. The summed E-state index contributed by atoms with van der Waals surface area (Å²) in [5.41, 5.74) is 6.62. The van der Waals surface area contributed by atoms with Crippen LogP contribution in [0.5, 0.6) is 0 Å². The Bertz CT molecular complexity index is 118. The second-order valence-electron chi connectivity index (χ2n) is 0.990. The third kappa shape index (κ3) is 4.68. The molecule has 0 atom stereocenters. The molecule has 0 rings (SSSR count). The van der Waals surface area contributed by atoms with Crippen LogP contribution in [0.3, 0.4) is 0 Å². The van der Waals surface area contributed by atoms with Gasteiger partial charge in [-0.2, -0.15) is 5.10 Å². The first-order valence-electron chi connectivity index (χ1n) is 1.97. The van der Waals surface area contributed by atoms with E-state index in [2.05, 4.69) is 17.4 Å². The third-order valence-electron chi connectivity index (χ3n) is 0.355. The number of allylic oxidation sites excluding steroid dienone is 1. The van der Waals surface area contributed by atoms with Gasteiger partial charge in [0.05, 0.1) is 0 Å². The Hall–Kier alpha value is -1.32. The van der Waals surface area contributed by atoms with Crippen molar-refractivity contribution in [2.75, 3.05) is 0 Å². The van der Waals surface area contributed by atoms with E-state index in [0.717, 1.165) is 0 Å². The minimum atomic E-state index is -0.678. The molecule has 0 radical (unpaired) electrons. The quantitative estimate of drug-likeness (QED) is 0.378. The van der Waals surface area contributed by atoms with Crippen LogP contribution in [0.25, 0.3) is 0 Å². The zero-order valence-corrected chi connectivity index (χ0v) is 4.29. The fraction of sp³-hybridized carbons (Fsp3) is 0. The van der Waals surface area contributed by atoms with E-state index in [1.807, 2.05) is 5.43 Å². The van der Waals surface area contributed by atoms with Gasteiger partial charge in [-0.25, -0.2) is 10.2 Å². The summed E-state index contributed by atoms with van der Waals surface area (Å²) in [7, 11) is 0. The highest BCUT2D eigenvalue weighted by atomic mass is 16.2. The molecule has 0 aromatic carbocycles. The number of amides is 2. The molecule has 4 heteroatoms. The zero-order chi connectivity index (χ0) is 6.41. The van der Waals surface area contributed by atoms with Gasteiger partial charge in [-0.05, 0) is 6.08 Å². The highest BCUT2D eigenvalue weighted by molar-refractivity contribution is 5.75. The first-order valence-corrected chi connectivity index (χ1v) is 1.97. The number of carbonyl (C=O) groups is 1.